The molecule has 1 atom stereocenters. The Morgan fingerprint density at radius 2 is 2.11 bits per heavy atom. The van der Waals surface area contributed by atoms with E-state index in [1.807, 2.05) is 29.2 Å². The van der Waals surface area contributed by atoms with Crippen LogP contribution in [0.1, 0.15) is 25.7 Å². The van der Waals surface area contributed by atoms with Gasteiger partial charge in [0.05, 0.1) is 0 Å². The predicted molar refractivity (Wildman–Crippen MR) is 79.2 cm³/mol. The molecule has 1 fully saturated rings. The number of anilines is 1. The number of carbonyl (C=O) groups is 1. The summed E-state index contributed by atoms with van der Waals surface area (Å²) in [5.41, 5.74) is 0.793. The van der Waals surface area contributed by atoms with Gasteiger partial charge in [-0.2, -0.15) is 0 Å². The fourth-order valence-electron chi connectivity index (χ4n) is 2.45. The average molecular weight is 327 g/mol. The van der Waals surface area contributed by atoms with Gasteiger partial charge in [0, 0.05) is 29.4 Å². The molecule has 1 aliphatic rings. The number of piperidine rings is 1. The molecule has 0 saturated carbocycles. The van der Waals surface area contributed by atoms with E-state index in [1.54, 1.807) is 0 Å². The summed E-state index contributed by atoms with van der Waals surface area (Å²) in [5, 5.41) is 12.0. The number of nitrogens with zero attached hydrogens (tertiary/aromatic N) is 1. The van der Waals surface area contributed by atoms with Gasteiger partial charge in [-0.05, 0) is 49.9 Å². The van der Waals surface area contributed by atoms with Crippen LogP contribution in [0.2, 0.25) is 0 Å². The third-order valence-electron chi connectivity index (χ3n) is 3.45. The van der Waals surface area contributed by atoms with Gasteiger partial charge in [0.1, 0.15) is 0 Å². The highest BCUT2D eigenvalue weighted by Crippen LogP contribution is 2.21. The molecule has 4 nitrogen and oxygen atoms in total. The van der Waals surface area contributed by atoms with Gasteiger partial charge in [-0.1, -0.05) is 15.9 Å². The predicted octanol–water partition coefficient (Wildman–Crippen LogP) is 3.22. The molecule has 1 heterocycles. The van der Waals surface area contributed by atoms with Crippen molar-refractivity contribution in [3.8, 4) is 0 Å². The molecule has 1 aliphatic heterocycles. The Morgan fingerprint density at radius 3 is 2.79 bits per heavy atom. The maximum Gasteiger partial charge on any atom is 0.322 e. The maximum atomic E-state index is 12.3. The number of nitrogens with one attached hydrogen (secondary N) is 1. The first-order chi connectivity index (χ1) is 9.20. The van der Waals surface area contributed by atoms with Crippen molar-refractivity contribution in [2.75, 3.05) is 18.5 Å². The van der Waals surface area contributed by atoms with Crippen LogP contribution in [0.5, 0.6) is 0 Å². The zero-order valence-corrected chi connectivity index (χ0v) is 12.4. The Bertz CT molecular complexity index is 420. The minimum absolute atomic E-state index is 0.0690. The topological polar surface area (TPSA) is 52.6 Å². The van der Waals surface area contributed by atoms with E-state index in [0.29, 0.717) is 6.42 Å². The second-order valence-electron chi connectivity index (χ2n) is 4.79. The minimum atomic E-state index is -0.0690. The molecule has 0 radical (unpaired) electrons. The van der Waals surface area contributed by atoms with Crippen LogP contribution in [0.4, 0.5) is 10.5 Å². The fourth-order valence-corrected chi connectivity index (χ4v) is 2.71. The van der Waals surface area contributed by atoms with Gasteiger partial charge >= 0.3 is 6.03 Å². The lowest BCUT2D eigenvalue weighted by Crippen LogP contribution is -2.46. The average Bonchev–Trinajstić information content (AvgIpc) is 2.42. The molecule has 2 amide bonds. The summed E-state index contributed by atoms with van der Waals surface area (Å²) in [5.74, 6) is 0. The lowest BCUT2D eigenvalue weighted by molar-refractivity contribution is 0.141. The van der Waals surface area contributed by atoms with E-state index in [0.717, 1.165) is 36.0 Å². The molecular formula is C14H19BrN2O2. The molecule has 0 aromatic heterocycles. The lowest BCUT2D eigenvalue weighted by Gasteiger charge is -2.35. The number of likely N-dealkylation sites (tertiary alicyclic amines) is 1. The number of carbonyl (C=O) groups excluding carboxylic acids is 1. The van der Waals surface area contributed by atoms with Crippen LogP contribution >= 0.6 is 15.9 Å². The van der Waals surface area contributed by atoms with Gasteiger partial charge in [-0.15, -0.1) is 0 Å². The number of benzene rings is 1. The van der Waals surface area contributed by atoms with Crippen molar-refractivity contribution < 1.29 is 9.90 Å². The van der Waals surface area contributed by atoms with Crippen molar-refractivity contribution in [3.63, 3.8) is 0 Å². The second-order valence-corrected chi connectivity index (χ2v) is 5.71. The van der Waals surface area contributed by atoms with Gasteiger partial charge in [0.2, 0.25) is 0 Å². The molecule has 5 heteroatoms. The van der Waals surface area contributed by atoms with Crippen LogP contribution in [-0.2, 0) is 0 Å². The highest BCUT2D eigenvalue weighted by molar-refractivity contribution is 9.10. The van der Waals surface area contributed by atoms with Crippen molar-refractivity contribution in [1.82, 2.24) is 4.90 Å². The standard InChI is InChI=1S/C14H19BrN2O2/c15-11-4-6-12(7-5-11)16-14(19)17-9-2-1-3-13(17)8-10-18/h4-7,13,18H,1-3,8-10H2,(H,16,19). The normalized spacial score (nSPS) is 19.3. The molecular weight excluding hydrogens is 308 g/mol. The highest BCUT2D eigenvalue weighted by atomic mass is 79.9. The summed E-state index contributed by atoms with van der Waals surface area (Å²) in [7, 11) is 0. The van der Waals surface area contributed by atoms with Crippen molar-refractivity contribution in [3.05, 3.63) is 28.7 Å². The van der Waals surface area contributed by atoms with E-state index >= 15 is 0 Å². The molecule has 0 aliphatic carbocycles. The van der Waals surface area contributed by atoms with Gasteiger partial charge in [-0.3, -0.25) is 0 Å². The Morgan fingerprint density at radius 1 is 1.37 bits per heavy atom. The van der Waals surface area contributed by atoms with Gasteiger partial charge < -0.3 is 15.3 Å². The molecule has 1 unspecified atom stereocenters. The first-order valence-corrected chi connectivity index (χ1v) is 7.44. The number of urea groups is 1. The van der Waals surface area contributed by atoms with Gasteiger partial charge in [-0.25, -0.2) is 4.79 Å². The van der Waals surface area contributed by atoms with E-state index in [4.69, 9.17) is 5.11 Å². The molecule has 1 saturated heterocycles. The number of aliphatic hydroxyl groups is 1. The van der Waals surface area contributed by atoms with Crippen LogP contribution in [0.3, 0.4) is 0 Å². The largest absolute Gasteiger partial charge is 0.396 e. The fraction of sp³-hybridized carbons (Fsp3) is 0.500. The van der Waals surface area contributed by atoms with Crippen LogP contribution in [-0.4, -0.2) is 35.2 Å². The van der Waals surface area contributed by atoms with Crippen molar-refractivity contribution >= 4 is 27.6 Å². The zero-order chi connectivity index (χ0) is 13.7. The van der Waals surface area contributed by atoms with E-state index < -0.39 is 0 Å². The first-order valence-electron chi connectivity index (χ1n) is 6.65. The number of hydrogen-bond acceptors (Lipinski definition) is 2. The highest BCUT2D eigenvalue weighted by Gasteiger charge is 2.26. The van der Waals surface area contributed by atoms with Crippen molar-refractivity contribution in [2.24, 2.45) is 0 Å². The van der Waals surface area contributed by atoms with Gasteiger partial charge in [0.25, 0.3) is 0 Å². The van der Waals surface area contributed by atoms with E-state index in [2.05, 4.69) is 21.2 Å². The zero-order valence-electron chi connectivity index (χ0n) is 10.8. The molecule has 2 rings (SSSR count). The number of amides is 2. The van der Waals surface area contributed by atoms with Crippen LogP contribution in [0.25, 0.3) is 0 Å². The monoisotopic (exact) mass is 326 g/mol. The summed E-state index contributed by atoms with van der Waals surface area (Å²) in [6.45, 7) is 0.903. The molecule has 2 N–H and O–H groups in total. The summed E-state index contributed by atoms with van der Waals surface area (Å²) in [6, 6.07) is 7.63. The van der Waals surface area contributed by atoms with Crippen LogP contribution in [0, 0.1) is 0 Å². The molecule has 19 heavy (non-hydrogen) atoms. The SMILES string of the molecule is O=C(Nc1ccc(Br)cc1)N1CCCCC1CCO. The molecule has 0 bridgehead atoms. The summed E-state index contributed by atoms with van der Waals surface area (Å²) >= 11 is 3.37. The maximum absolute atomic E-state index is 12.3. The van der Waals surface area contributed by atoms with Crippen molar-refractivity contribution in [2.45, 2.75) is 31.7 Å². The molecule has 104 valence electrons. The van der Waals surface area contributed by atoms with E-state index in [9.17, 15) is 4.79 Å². The number of aliphatic hydroxyl groups excluding tert-OH is 1. The van der Waals surface area contributed by atoms with Crippen LogP contribution in [0.15, 0.2) is 28.7 Å². The minimum Gasteiger partial charge on any atom is -0.396 e. The Balaban J connectivity index is 1.99. The summed E-state index contributed by atoms with van der Waals surface area (Å²) in [6.07, 6.45) is 3.81. The Kier molecular flexibility index (Phi) is 5.22. The van der Waals surface area contributed by atoms with E-state index in [-0.39, 0.29) is 18.7 Å². The third kappa shape index (κ3) is 3.94. The van der Waals surface area contributed by atoms with Crippen LogP contribution < -0.4 is 5.32 Å². The van der Waals surface area contributed by atoms with E-state index in [1.165, 1.54) is 0 Å². The third-order valence-corrected chi connectivity index (χ3v) is 3.97. The number of hydrogen-bond donors (Lipinski definition) is 2. The quantitative estimate of drug-likeness (QED) is 0.896. The van der Waals surface area contributed by atoms with Gasteiger partial charge in [0.15, 0.2) is 0 Å². The number of rotatable bonds is 3. The first kappa shape index (κ1) is 14.3. The summed E-state index contributed by atoms with van der Waals surface area (Å²) < 4.78 is 0.988. The number of halogens is 1. The van der Waals surface area contributed by atoms with Crippen molar-refractivity contribution in [1.29, 1.82) is 0 Å². The smallest absolute Gasteiger partial charge is 0.322 e. The lowest BCUT2D eigenvalue weighted by atomic mass is 10.0. The summed E-state index contributed by atoms with van der Waals surface area (Å²) in [4.78, 5) is 14.1. The molecule has 1 aromatic rings. The Hall–Kier alpha value is -1.07. The molecule has 0 spiro atoms. The Labute approximate surface area is 121 Å². The second kappa shape index (κ2) is 6.91. The molecule has 1 aromatic carbocycles.